The van der Waals surface area contributed by atoms with Crippen LogP contribution in [0.2, 0.25) is 0 Å². The number of carbonyl (C=O) groups excluding carboxylic acids is 2. The quantitative estimate of drug-likeness (QED) is 0.432. The van der Waals surface area contributed by atoms with Crippen molar-refractivity contribution in [1.29, 1.82) is 0 Å². The third kappa shape index (κ3) is 5.72. The molecule has 0 aliphatic heterocycles. The number of fused-ring (bicyclic) bond motifs is 1. The largest absolute Gasteiger partial charge is 0.482 e. The van der Waals surface area contributed by atoms with E-state index in [1.54, 1.807) is 12.1 Å². The smallest absolute Gasteiger partial charge is 0.344 e. The number of hydrogen-bond acceptors (Lipinski definition) is 6. The number of nitrogens with one attached hydrogen (secondary N) is 1. The van der Waals surface area contributed by atoms with Crippen LogP contribution in [0.4, 0.5) is 5.69 Å². The zero-order chi connectivity index (χ0) is 22.4. The predicted octanol–water partition coefficient (Wildman–Crippen LogP) is 4.18. The molecule has 0 fully saturated rings. The number of ether oxygens (including phenoxy) is 2. The van der Waals surface area contributed by atoms with Crippen molar-refractivity contribution in [3.8, 4) is 5.75 Å². The van der Waals surface area contributed by atoms with Gasteiger partial charge in [-0.2, -0.15) is 0 Å². The van der Waals surface area contributed by atoms with Gasteiger partial charge < -0.3 is 19.2 Å². The normalized spacial score (nSPS) is 11.7. The molecule has 2 aromatic carbocycles. The van der Waals surface area contributed by atoms with E-state index in [1.807, 2.05) is 31.2 Å². The van der Waals surface area contributed by atoms with E-state index >= 15 is 0 Å². The highest BCUT2D eigenvalue weighted by Crippen LogP contribution is 2.26. The first kappa shape index (κ1) is 22.1. The third-order valence-electron chi connectivity index (χ3n) is 5.02. The van der Waals surface area contributed by atoms with Crippen molar-refractivity contribution in [2.45, 2.75) is 33.1 Å². The number of para-hydroxylation sites is 1. The second kappa shape index (κ2) is 9.93. The van der Waals surface area contributed by atoms with Gasteiger partial charge in [-0.25, -0.2) is 9.59 Å². The summed E-state index contributed by atoms with van der Waals surface area (Å²) in [5.41, 5.74) is 2.45. The average Bonchev–Trinajstić information content (AvgIpc) is 2.75. The van der Waals surface area contributed by atoms with Crippen molar-refractivity contribution in [2.75, 3.05) is 18.5 Å². The van der Waals surface area contributed by atoms with E-state index in [0.29, 0.717) is 22.9 Å². The van der Waals surface area contributed by atoms with Gasteiger partial charge in [0.25, 0.3) is 5.91 Å². The molecular weight excluding hydrogens is 398 g/mol. The fraction of sp³-hybridized carbons (Fsp3) is 0.292. The number of hydrogen-bond donors (Lipinski definition) is 1. The number of amides is 1. The lowest BCUT2D eigenvalue weighted by Crippen LogP contribution is -2.24. The van der Waals surface area contributed by atoms with Crippen molar-refractivity contribution in [3.63, 3.8) is 0 Å². The zero-order valence-electron chi connectivity index (χ0n) is 17.8. The van der Waals surface area contributed by atoms with Crippen LogP contribution in [0.15, 0.2) is 57.7 Å². The standard InChI is InChI=1S/C24H25NO6/c1-4-15(2)18-7-5-6-8-20(18)25-22(26)13-30-24(28)14-29-17-9-10-19-16(3)11-23(27)31-21(19)12-17/h5-12,15H,4,13-14H2,1-3H3,(H,25,26)/t15-/m1/s1. The first-order valence-electron chi connectivity index (χ1n) is 10.1. The maximum atomic E-state index is 12.2. The van der Waals surface area contributed by atoms with Crippen LogP contribution >= 0.6 is 0 Å². The molecule has 0 saturated carbocycles. The molecule has 1 aromatic heterocycles. The zero-order valence-corrected chi connectivity index (χ0v) is 17.8. The second-order valence-corrected chi connectivity index (χ2v) is 7.30. The molecule has 7 nitrogen and oxygen atoms in total. The molecule has 31 heavy (non-hydrogen) atoms. The van der Waals surface area contributed by atoms with E-state index in [9.17, 15) is 14.4 Å². The molecule has 0 spiro atoms. The van der Waals surface area contributed by atoms with Crippen LogP contribution in [0.1, 0.15) is 37.3 Å². The monoisotopic (exact) mass is 423 g/mol. The van der Waals surface area contributed by atoms with Crippen LogP contribution in [-0.2, 0) is 14.3 Å². The summed E-state index contributed by atoms with van der Waals surface area (Å²) in [5, 5.41) is 3.57. The Morgan fingerprint density at radius 2 is 1.87 bits per heavy atom. The predicted molar refractivity (Wildman–Crippen MR) is 117 cm³/mol. The van der Waals surface area contributed by atoms with E-state index in [4.69, 9.17) is 13.9 Å². The molecular formula is C24H25NO6. The van der Waals surface area contributed by atoms with Crippen LogP contribution in [0.3, 0.4) is 0 Å². The van der Waals surface area contributed by atoms with E-state index in [1.165, 1.54) is 12.1 Å². The summed E-state index contributed by atoms with van der Waals surface area (Å²) in [4.78, 5) is 35.7. The molecule has 1 atom stereocenters. The van der Waals surface area contributed by atoms with Gasteiger partial charge in [0.15, 0.2) is 13.2 Å². The number of aryl methyl sites for hydroxylation is 1. The Morgan fingerprint density at radius 1 is 1.10 bits per heavy atom. The van der Waals surface area contributed by atoms with Gasteiger partial charge in [-0.3, -0.25) is 4.79 Å². The molecule has 1 amide bonds. The van der Waals surface area contributed by atoms with Gasteiger partial charge >= 0.3 is 11.6 Å². The highest BCUT2D eigenvalue weighted by molar-refractivity contribution is 5.93. The number of anilines is 1. The van der Waals surface area contributed by atoms with Crippen molar-refractivity contribution in [1.82, 2.24) is 0 Å². The molecule has 162 valence electrons. The Morgan fingerprint density at radius 3 is 2.65 bits per heavy atom. The Hall–Kier alpha value is -3.61. The summed E-state index contributed by atoms with van der Waals surface area (Å²) in [6.45, 7) is 5.18. The van der Waals surface area contributed by atoms with Crippen LogP contribution in [0.5, 0.6) is 5.75 Å². The number of carbonyl (C=O) groups is 2. The second-order valence-electron chi connectivity index (χ2n) is 7.30. The van der Waals surface area contributed by atoms with E-state index in [0.717, 1.165) is 22.9 Å². The van der Waals surface area contributed by atoms with Gasteiger partial charge in [0.2, 0.25) is 0 Å². The number of rotatable bonds is 8. The van der Waals surface area contributed by atoms with Gasteiger partial charge in [0, 0.05) is 23.2 Å². The van der Waals surface area contributed by atoms with Gasteiger partial charge in [-0.1, -0.05) is 32.0 Å². The van der Waals surface area contributed by atoms with E-state index < -0.39 is 24.1 Å². The highest BCUT2D eigenvalue weighted by Gasteiger charge is 2.13. The van der Waals surface area contributed by atoms with Crippen molar-refractivity contribution in [3.05, 3.63) is 70.1 Å². The Kier molecular flexibility index (Phi) is 7.07. The summed E-state index contributed by atoms with van der Waals surface area (Å²) < 4.78 is 15.6. The minimum absolute atomic E-state index is 0.294. The Balaban J connectivity index is 1.52. The van der Waals surface area contributed by atoms with E-state index in [2.05, 4.69) is 19.2 Å². The summed E-state index contributed by atoms with van der Waals surface area (Å²) in [6.07, 6.45) is 0.941. The fourth-order valence-electron chi connectivity index (χ4n) is 3.17. The molecule has 0 unspecified atom stereocenters. The molecule has 0 saturated heterocycles. The highest BCUT2D eigenvalue weighted by atomic mass is 16.6. The molecule has 1 N–H and O–H groups in total. The lowest BCUT2D eigenvalue weighted by atomic mass is 9.97. The average molecular weight is 423 g/mol. The Bertz CT molecular complexity index is 1150. The molecule has 7 heteroatoms. The molecule has 3 aromatic rings. The molecule has 0 aliphatic rings. The lowest BCUT2D eigenvalue weighted by molar-refractivity contribution is -0.149. The minimum atomic E-state index is -0.684. The number of esters is 1. The van der Waals surface area contributed by atoms with Crippen molar-refractivity contribution >= 4 is 28.5 Å². The van der Waals surface area contributed by atoms with Gasteiger partial charge in [-0.15, -0.1) is 0 Å². The first-order chi connectivity index (χ1) is 14.9. The summed E-state index contributed by atoms with van der Waals surface area (Å²) in [7, 11) is 0. The van der Waals surface area contributed by atoms with Gasteiger partial charge in [0.05, 0.1) is 0 Å². The molecule has 3 rings (SSSR count). The van der Waals surface area contributed by atoms with Gasteiger partial charge in [0.1, 0.15) is 11.3 Å². The molecule has 0 radical (unpaired) electrons. The molecule has 1 heterocycles. The fourth-order valence-corrected chi connectivity index (χ4v) is 3.17. The summed E-state index contributed by atoms with van der Waals surface area (Å²) in [5.74, 6) is -0.462. The van der Waals surface area contributed by atoms with E-state index in [-0.39, 0.29) is 6.61 Å². The summed E-state index contributed by atoms with van der Waals surface area (Å²) >= 11 is 0. The minimum Gasteiger partial charge on any atom is -0.482 e. The maximum absolute atomic E-state index is 12.2. The Labute approximate surface area is 180 Å². The van der Waals surface area contributed by atoms with Crippen molar-refractivity contribution in [2.24, 2.45) is 0 Å². The lowest BCUT2D eigenvalue weighted by Gasteiger charge is -2.15. The van der Waals surface area contributed by atoms with Crippen LogP contribution in [-0.4, -0.2) is 25.1 Å². The summed E-state index contributed by atoms with van der Waals surface area (Å²) in [6, 6.07) is 13.9. The van der Waals surface area contributed by atoms with Gasteiger partial charge in [-0.05, 0) is 48.6 Å². The van der Waals surface area contributed by atoms with Crippen LogP contribution < -0.4 is 15.7 Å². The third-order valence-corrected chi connectivity index (χ3v) is 5.02. The molecule has 0 aliphatic carbocycles. The van der Waals surface area contributed by atoms with Crippen LogP contribution in [0, 0.1) is 6.92 Å². The SMILES string of the molecule is CC[C@@H](C)c1ccccc1NC(=O)COC(=O)COc1ccc2c(C)cc(=O)oc2c1. The molecule has 0 bridgehead atoms. The maximum Gasteiger partial charge on any atom is 0.344 e. The first-order valence-corrected chi connectivity index (χ1v) is 10.1. The topological polar surface area (TPSA) is 94.8 Å². The van der Waals surface area contributed by atoms with Crippen molar-refractivity contribution < 1.29 is 23.5 Å². The van der Waals surface area contributed by atoms with Crippen LogP contribution in [0.25, 0.3) is 11.0 Å². The number of benzene rings is 2.